The standard InChI is InChI=1S/C19H38N4O5S.HI/c1-17(2)27-15-16-29(24,25)23-10-8-22(9-11-23)19(20-3)21-7-4-12-28-18-5-13-26-14-6-18;/h17-18H,4-16H2,1-3H3,(H,20,21);1H. The lowest BCUT2D eigenvalue weighted by Crippen LogP contribution is -2.54. The van der Waals surface area contributed by atoms with Crippen LogP contribution in [0.25, 0.3) is 0 Å². The van der Waals surface area contributed by atoms with E-state index in [2.05, 4.69) is 15.2 Å². The minimum atomic E-state index is -3.27. The van der Waals surface area contributed by atoms with Crippen LogP contribution in [0, 0.1) is 0 Å². The third-order valence-electron chi connectivity index (χ3n) is 5.06. The average molecular weight is 563 g/mol. The van der Waals surface area contributed by atoms with Gasteiger partial charge in [0.25, 0.3) is 0 Å². The highest BCUT2D eigenvalue weighted by atomic mass is 127. The van der Waals surface area contributed by atoms with Crippen LogP contribution >= 0.6 is 24.0 Å². The molecule has 2 rings (SSSR count). The van der Waals surface area contributed by atoms with Crippen LogP contribution in [0.1, 0.15) is 33.1 Å². The maximum atomic E-state index is 12.4. The average Bonchev–Trinajstić information content (AvgIpc) is 2.71. The number of sulfonamides is 1. The van der Waals surface area contributed by atoms with Gasteiger partial charge in [0.2, 0.25) is 10.0 Å². The van der Waals surface area contributed by atoms with E-state index < -0.39 is 10.0 Å². The topological polar surface area (TPSA) is 92.7 Å². The van der Waals surface area contributed by atoms with Gasteiger partial charge in [-0.3, -0.25) is 4.99 Å². The van der Waals surface area contributed by atoms with Crippen LogP contribution in [-0.2, 0) is 24.2 Å². The van der Waals surface area contributed by atoms with Gasteiger partial charge in [-0.2, -0.15) is 4.31 Å². The molecule has 0 bridgehead atoms. The Morgan fingerprint density at radius 1 is 1.17 bits per heavy atom. The first-order chi connectivity index (χ1) is 13.9. The van der Waals surface area contributed by atoms with Gasteiger partial charge in [-0.25, -0.2) is 8.42 Å². The Hall–Kier alpha value is -0.210. The summed E-state index contributed by atoms with van der Waals surface area (Å²) in [6.07, 6.45) is 3.22. The number of aliphatic imine (C=N–C) groups is 1. The molecular formula is C19H39IN4O5S. The van der Waals surface area contributed by atoms with Gasteiger partial charge < -0.3 is 24.4 Å². The first-order valence-corrected chi connectivity index (χ1v) is 12.3. The summed E-state index contributed by atoms with van der Waals surface area (Å²) < 4.78 is 43.1. The molecule has 0 atom stereocenters. The zero-order chi connectivity index (χ0) is 21.1. The fourth-order valence-electron chi connectivity index (χ4n) is 3.39. The van der Waals surface area contributed by atoms with Gasteiger partial charge in [0.15, 0.2) is 5.96 Å². The van der Waals surface area contributed by atoms with Crippen molar-refractivity contribution in [3.05, 3.63) is 0 Å². The molecule has 0 spiro atoms. The van der Waals surface area contributed by atoms with Crippen molar-refractivity contribution in [3.8, 4) is 0 Å². The Morgan fingerprint density at radius 2 is 1.83 bits per heavy atom. The molecule has 0 aromatic carbocycles. The molecule has 0 aromatic heterocycles. The quantitative estimate of drug-likeness (QED) is 0.185. The summed E-state index contributed by atoms with van der Waals surface area (Å²) in [5, 5.41) is 3.36. The largest absolute Gasteiger partial charge is 0.381 e. The molecule has 11 heteroatoms. The molecule has 9 nitrogen and oxygen atoms in total. The first-order valence-electron chi connectivity index (χ1n) is 10.7. The third-order valence-corrected chi connectivity index (χ3v) is 6.90. The summed E-state index contributed by atoms with van der Waals surface area (Å²) in [6.45, 7) is 9.33. The number of hydrogen-bond donors (Lipinski definition) is 1. The van der Waals surface area contributed by atoms with Crippen molar-refractivity contribution in [2.24, 2.45) is 4.99 Å². The molecule has 30 heavy (non-hydrogen) atoms. The minimum Gasteiger partial charge on any atom is -0.381 e. The van der Waals surface area contributed by atoms with Crippen molar-refractivity contribution in [2.45, 2.75) is 45.3 Å². The summed E-state index contributed by atoms with van der Waals surface area (Å²) in [5.74, 6) is 0.849. The van der Waals surface area contributed by atoms with Gasteiger partial charge in [0.05, 0.1) is 24.6 Å². The first kappa shape index (κ1) is 27.8. The van der Waals surface area contributed by atoms with Crippen molar-refractivity contribution < 1.29 is 22.6 Å². The number of halogens is 1. The lowest BCUT2D eigenvalue weighted by atomic mass is 10.1. The van der Waals surface area contributed by atoms with E-state index in [1.165, 1.54) is 0 Å². The summed E-state index contributed by atoms with van der Waals surface area (Å²) in [6, 6.07) is 0. The van der Waals surface area contributed by atoms with E-state index >= 15 is 0 Å². The summed E-state index contributed by atoms with van der Waals surface area (Å²) >= 11 is 0. The van der Waals surface area contributed by atoms with Crippen molar-refractivity contribution >= 4 is 40.0 Å². The van der Waals surface area contributed by atoms with E-state index in [0.717, 1.165) is 51.6 Å². The van der Waals surface area contributed by atoms with Crippen molar-refractivity contribution in [2.75, 3.05) is 72.0 Å². The predicted octanol–water partition coefficient (Wildman–Crippen LogP) is 1.14. The molecule has 0 radical (unpaired) electrons. The normalized spacial score (nSPS) is 19.7. The third kappa shape index (κ3) is 9.94. The molecule has 0 aliphatic carbocycles. The fourth-order valence-corrected chi connectivity index (χ4v) is 4.68. The van der Waals surface area contributed by atoms with Gasteiger partial charge in [0.1, 0.15) is 0 Å². The molecule has 0 aromatic rings. The number of rotatable bonds is 10. The molecule has 2 aliphatic rings. The second-order valence-electron chi connectivity index (χ2n) is 7.63. The summed E-state index contributed by atoms with van der Waals surface area (Å²) in [7, 11) is -1.52. The molecule has 0 saturated carbocycles. The van der Waals surface area contributed by atoms with Crippen LogP contribution in [-0.4, -0.2) is 108 Å². The Labute approximate surface area is 199 Å². The lowest BCUT2D eigenvalue weighted by Gasteiger charge is -2.35. The summed E-state index contributed by atoms with van der Waals surface area (Å²) in [5.41, 5.74) is 0. The molecule has 2 heterocycles. The van der Waals surface area contributed by atoms with E-state index in [-0.39, 0.29) is 42.4 Å². The number of guanidine groups is 1. The van der Waals surface area contributed by atoms with Gasteiger partial charge in [0, 0.05) is 59.6 Å². The number of piperazine rings is 1. The molecular weight excluding hydrogens is 523 g/mol. The molecule has 0 unspecified atom stereocenters. The van der Waals surface area contributed by atoms with Gasteiger partial charge in [-0.15, -0.1) is 24.0 Å². The van der Waals surface area contributed by atoms with Crippen LogP contribution in [0.15, 0.2) is 4.99 Å². The van der Waals surface area contributed by atoms with E-state index in [1.54, 1.807) is 11.4 Å². The summed E-state index contributed by atoms with van der Waals surface area (Å²) in [4.78, 5) is 6.45. The number of hydrogen-bond acceptors (Lipinski definition) is 6. The van der Waals surface area contributed by atoms with Crippen molar-refractivity contribution in [1.82, 2.24) is 14.5 Å². The highest BCUT2D eigenvalue weighted by Crippen LogP contribution is 2.11. The minimum absolute atomic E-state index is 0. The molecule has 1 N–H and O–H groups in total. The van der Waals surface area contributed by atoms with Crippen molar-refractivity contribution in [3.63, 3.8) is 0 Å². The van der Waals surface area contributed by atoms with E-state index in [1.807, 2.05) is 13.8 Å². The van der Waals surface area contributed by atoms with Crippen molar-refractivity contribution in [1.29, 1.82) is 0 Å². The number of nitrogens with one attached hydrogen (secondary N) is 1. The zero-order valence-corrected chi connectivity index (χ0v) is 21.7. The van der Waals surface area contributed by atoms with E-state index in [9.17, 15) is 8.42 Å². The number of nitrogens with zero attached hydrogens (tertiary/aromatic N) is 3. The molecule has 2 aliphatic heterocycles. The maximum Gasteiger partial charge on any atom is 0.216 e. The van der Waals surface area contributed by atoms with Gasteiger partial charge in [-0.1, -0.05) is 0 Å². The lowest BCUT2D eigenvalue weighted by molar-refractivity contribution is -0.0320. The van der Waals surface area contributed by atoms with Gasteiger partial charge in [-0.05, 0) is 33.1 Å². The molecule has 178 valence electrons. The molecule has 2 saturated heterocycles. The van der Waals surface area contributed by atoms with Crippen LogP contribution in [0.5, 0.6) is 0 Å². The van der Waals surface area contributed by atoms with Gasteiger partial charge >= 0.3 is 0 Å². The predicted molar refractivity (Wildman–Crippen MR) is 129 cm³/mol. The Bertz CT molecular complexity index is 592. The van der Waals surface area contributed by atoms with E-state index in [0.29, 0.717) is 32.3 Å². The maximum absolute atomic E-state index is 12.4. The number of ether oxygens (including phenoxy) is 3. The van der Waals surface area contributed by atoms with Crippen LogP contribution in [0.4, 0.5) is 0 Å². The fraction of sp³-hybridized carbons (Fsp3) is 0.947. The van der Waals surface area contributed by atoms with Crippen LogP contribution in [0.2, 0.25) is 0 Å². The zero-order valence-electron chi connectivity index (χ0n) is 18.5. The monoisotopic (exact) mass is 562 g/mol. The van der Waals surface area contributed by atoms with Crippen LogP contribution < -0.4 is 5.32 Å². The van der Waals surface area contributed by atoms with E-state index in [4.69, 9.17) is 14.2 Å². The smallest absolute Gasteiger partial charge is 0.216 e. The molecule has 0 amide bonds. The highest BCUT2D eigenvalue weighted by Gasteiger charge is 2.28. The second kappa shape index (κ2) is 14.8. The van der Waals surface area contributed by atoms with Crippen LogP contribution in [0.3, 0.4) is 0 Å². The second-order valence-corrected chi connectivity index (χ2v) is 9.72. The Morgan fingerprint density at radius 3 is 2.43 bits per heavy atom. The Kier molecular flexibility index (Phi) is 13.7. The Balaban J connectivity index is 0.00000450. The molecule has 2 fully saturated rings. The SMILES string of the molecule is CN=C(NCCCOC1CCOCC1)N1CCN(S(=O)(=O)CCOC(C)C)CC1.I. The highest BCUT2D eigenvalue weighted by molar-refractivity contribution is 14.0.